The monoisotopic (exact) mass is 559 g/mol. The topological polar surface area (TPSA) is 150 Å². The van der Waals surface area contributed by atoms with E-state index in [1.807, 2.05) is 47.0 Å². The van der Waals surface area contributed by atoms with Gasteiger partial charge in [0, 0.05) is 24.9 Å². The van der Waals surface area contributed by atoms with Gasteiger partial charge >= 0.3 is 17.8 Å². The standard InChI is InChI=1S/C25H27N5O3.C2HF3O2/c31-23(11-5-10-22-27-19-7-2-1-6-18(19)24(32)29-22)26-16-12-14-17(15-13-16)30-21-9-4-3-8-20(21)28-25(30)33;3-2(4,5)1(6)7/h1-4,6-9,16-17H,5,10-15H2,(H,26,31)(H,28,33)(H,27,29,32);(H,6,7). The minimum Gasteiger partial charge on any atom is -0.475 e. The van der Waals surface area contributed by atoms with Gasteiger partial charge in [-0.05, 0) is 56.4 Å². The van der Waals surface area contributed by atoms with E-state index in [0.29, 0.717) is 36.0 Å². The lowest BCUT2D eigenvalue weighted by Gasteiger charge is -2.29. The van der Waals surface area contributed by atoms with E-state index in [4.69, 9.17) is 9.90 Å². The van der Waals surface area contributed by atoms with E-state index in [1.165, 1.54) is 0 Å². The van der Waals surface area contributed by atoms with E-state index in [-0.39, 0.29) is 29.2 Å². The van der Waals surface area contributed by atoms with Crippen LogP contribution >= 0.6 is 0 Å². The van der Waals surface area contributed by atoms with Gasteiger partial charge in [0.25, 0.3) is 5.56 Å². The number of hydrogen-bond donors (Lipinski definition) is 4. The maximum absolute atomic E-state index is 12.5. The second-order valence-corrected chi connectivity index (χ2v) is 9.58. The number of para-hydroxylation sites is 3. The van der Waals surface area contributed by atoms with Gasteiger partial charge in [-0.3, -0.25) is 14.2 Å². The molecule has 2 aromatic heterocycles. The average molecular weight is 560 g/mol. The second kappa shape index (κ2) is 12.2. The number of imidazole rings is 1. The summed E-state index contributed by atoms with van der Waals surface area (Å²) in [4.78, 5) is 56.2. The van der Waals surface area contributed by atoms with Crippen LogP contribution in [0.25, 0.3) is 21.9 Å². The number of halogens is 3. The number of fused-ring (bicyclic) bond motifs is 2. The van der Waals surface area contributed by atoms with Gasteiger partial charge in [-0.15, -0.1) is 0 Å². The summed E-state index contributed by atoms with van der Waals surface area (Å²) in [6.45, 7) is 0. The molecule has 1 amide bonds. The summed E-state index contributed by atoms with van der Waals surface area (Å²) < 4.78 is 33.6. The molecule has 1 aliphatic rings. The quantitative estimate of drug-likeness (QED) is 0.282. The highest BCUT2D eigenvalue weighted by molar-refractivity contribution is 5.78. The van der Waals surface area contributed by atoms with Crippen LogP contribution in [0.2, 0.25) is 0 Å². The second-order valence-electron chi connectivity index (χ2n) is 9.58. The molecule has 2 aromatic carbocycles. The molecule has 13 heteroatoms. The Bertz CT molecular complexity index is 1620. The number of aromatic nitrogens is 4. The Hall–Kier alpha value is -4.42. The van der Waals surface area contributed by atoms with Gasteiger partial charge in [-0.25, -0.2) is 14.6 Å². The first-order chi connectivity index (χ1) is 19.0. The number of aliphatic carboxylic acids is 1. The first kappa shape index (κ1) is 28.6. The van der Waals surface area contributed by atoms with Crippen LogP contribution < -0.4 is 16.6 Å². The minimum atomic E-state index is -5.08. The molecule has 1 aliphatic carbocycles. The molecule has 0 spiro atoms. The van der Waals surface area contributed by atoms with Gasteiger partial charge in [0.2, 0.25) is 5.91 Å². The Morgan fingerprint density at radius 2 is 1.65 bits per heavy atom. The summed E-state index contributed by atoms with van der Waals surface area (Å²) in [6.07, 6.45) is -0.122. The zero-order valence-electron chi connectivity index (χ0n) is 21.3. The first-order valence-corrected chi connectivity index (χ1v) is 12.8. The summed E-state index contributed by atoms with van der Waals surface area (Å²) in [7, 11) is 0. The number of carbonyl (C=O) groups excluding carboxylic acids is 1. The van der Waals surface area contributed by atoms with Gasteiger partial charge in [-0.2, -0.15) is 13.2 Å². The third-order valence-corrected chi connectivity index (χ3v) is 6.77. The van der Waals surface area contributed by atoms with Crippen molar-refractivity contribution in [2.24, 2.45) is 0 Å². The number of benzene rings is 2. The van der Waals surface area contributed by atoms with Crippen molar-refractivity contribution in [3.63, 3.8) is 0 Å². The smallest absolute Gasteiger partial charge is 0.475 e. The molecule has 0 saturated heterocycles. The van der Waals surface area contributed by atoms with Crippen molar-refractivity contribution in [1.29, 1.82) is 0 Å². The highest BCUT2D eigenvalue weighted by atomic mass is 19.4. The van der Waals surface area contributed by atoms with E-state index >= 15 is 0 Å². The van der Waals surface area contributed by atoms with E-state index in [0.717, 1.165) is 36.7 Å². The third-order valence-electron chi connectivity index (χ3n) is 6.77. The molecule has 10 nitrogen and oxygen atoms in total. The SMILES string of the molecule is O=C(CCCc1nc2ccccc2c(=O)[nH]1)NC1CCC(n2c(=O)[nH]c3ccccc32)CC1.O=C(O)C(F)(F)F. The van der Waals surface area contributed by atoms with Crippen LogP contribution in [-0.2, 0) is 16.0 Å². The van der Waals surface area contributed by atoms with Crippen molar-refractivity contribution < 1.29 is 27.9 Å². The van der Waals surface area contributed by atoms with Crippen molar-refractivity contribution in [2.45, 2.75) is 63.2 Å². The van der Waals surface area contributed by atoms with Crippen molar-refractivity contribution in [2.75, 3.05) is 0 Å². The number of amides is 1. The molecule has 0 radical (unpaired) electrons. The molecular formula is C27H28F3N5O5. The maximum Gasteiger partial charge on any atom is 0.490 e. The van der Waals surface area contributed by atoms with Crippen LogP contribution in [0.4, 0.5) is 13.2 Å². The van der Waals surface area contributed by atoms with Crippen LogP contribution in [0.3, 0.4) is 0 Å². The Balaban J connectivity index is 0.000000470. The summed E-state index contributed by atoms with van der Waals surface area (Å²) in [5.41, 5.74) is 2.26. The van der Waals surface area contributed by atoms with Crippen LogP contribution in [0.5, 0.6) is 0 Å². The van der Waals surface area contributed by atoms with Crippen LogP contribution in [0.1, 0.15) is 50.4 Å². The van der Waals surface area contributed by atoms with Gasteiger partial charge in [0.15, 0.2) is 0 Å². The molecule has 40 heavy (non-hydrogen) atoms. The van der Waals surface area contributed by atoms with Gasteiger partial charge in [0.05, 0.1) is 21.9 Å². The Kier molecular flexibility index (Phi) is 8.70. The van der Waals surface area contributed by atoms with Gasteiger partial charge < -0.3 is 20.4 Å². The normalized spacial score (nSPS) is 17.3. The highest BCUT2D eigenvalue weighted by Gasteiger charge is 2.38. The van der Waals surface area contributed by atoms with Crippen molar-refractivity contribution in [3.05, 3.63) is 75.2 Å². The summed E-state index contributed by atoms with van der Waals surface area (Å²) in [5, 5.41) is 10.8. The summed E-state index contributed by atoms with van der Waals surface area (Å²) >= 11 is 0. The molecular weight excluding hydrogens is 531 g/mol. The Morgan fingerprint density at radius 1 is 1.00 bits per heavy atom. The van der Waals surface area contributed by atoms with E-state index in [9.17, 15) is 27.6 Å². The number of carbonyl (C=O) groups is 2. The fraction of sp³-hybridized carbons (Fsp3) is 0.370. The lowest BCUT2D eigenvalue weighted by molar-refractivity contribution is -0.192. The van der Waals surface area contributed by atoms with Crippen LogP contribution in [0, 0.1) is 0 Å². The number of H-pyrrole nitrogens is 2. The fourth-order valence-electron chi connectivity index (χ4n) is 4.88. The number of aryl methyl sites for hydroxylation is 1. The highest BCUT2D eigenvalue weighted by Crippen LogP contribution is 2.30. The van der Waals surface area contributed by atoms with Crippen LogP contribution in [-0.4, -0.2) is 48.7 Å². The van der Waals surface area contributed by atoms with Crippen molar-refractivity contribution in [1.82, 2.24) is 24.8 Å². The molecule has 1 saturated carbocycles. The van der Waals surface area contributed by atoms with Crippen LogP contribution in [0.15, 0.2) is 58.1 Å². The van der Waals surface area contributed by atoms with Gasteiger partial charge in [0.1, 0.15) is 5.82 Å². The fourth-order valence-corrected chi connectivity index (χ4v) is 4.88. The number of carboxylic acids is 1. The van der Waals surface area contributed by atoms with E-state index in [2.05, 4.69) is 20.3 Å². The molecule has 1 fully saturated rings. The number of rotatable bonds is 6. The van der Waals surface area contributed by atoms with E-state index < -0.39 is 12.1 Å². The molecule has 0 bridgehead atoms. The van der Waals surface area contributed by atoms with Crippen molar-refractivity contribution >= 4 is 33.8 Å². The third kappa shape index (κ3) is 6.96. The number of alkyl halides is 3. The van der Waals surface area contributed by atoms with Gasteiger partial charge in [-0.1, -0.05) is 24.3 Å². The molecule has 4 aromatic rings. The molecule has 0 aliphatic heterocycles. The average Bonchev–Trinajstić information content (AvgIpc) is 3.24. The minimum absolute atomic E-state index is 0.0193. The predicted molar refractivity (Wildman–Crippen MR) is 141 cm³/mol. The van der Waals surface area contributed by atoms with E-state index in [1.54, 1.807) is 6.07 Å². The number of nitrogens with zero attached hydrogens (tertiary/aromatic N) is 2. The first-order valence-electron chi connectivity index (χ1n) is 12.8. The Labute approximate surface area is 225 Å². The Morgan fingerprint density at radius 3 is 2.35 bits per heavy atom. The molecule has 2 heterocycles. The molecule has 5 rings (SSSR count). The zero-order valence-corrected chi connectivity index (χ0v) is 21.3. The number of hydrogen-bond acceptors (Lipinski definition) is 5. The number of aromatic amines is 2. The van der Waals surface area contributed by atoms with Crippen molar-refractivity contribution in [3.8, 4) is 0 Å². The molecule has 212 valence electrons. The number of nitrogens with one attached hydrogen (secondary N) is 3. The maximum atomic E-state index is 12.5. The zero-order chi connectivity index (χ0) is 28.9. The summed E-state index contributed by atoms with van der Waals surface area (Å²) in [5.74, 6) is -2.13. The largest absolute Gasteiger partial charge is 0.490 e. The lowest BCUT2D eigenvalue weighted by atomic mass is 9.90. The molecule has 4 N–H and O–H groups in total. The number of carboxylic acid groups (broad SMARTS) is 1. The molecule has 0 unspecified atom stereocenters. The summed E-state index contributed by atoms with van der Waals surface area (Å²) in [6, 6.07) is 15.3. The molecule has 0 atom stereocenters. The lowest BCUT2D eigenvalue weighted by Crippen LogP contribution is -2.38. The predicted octanol–water partition coefficient (Wildman–Crippen LogP) is 3.82.